The fraction of sp³-hybridized carbons (Fsp3) is 0.667. The number of unbranched alkanes of at least 4 members (excludes halogenated alkanes) is 5. The second kappa shape index (κ2) is 9.84. The molecule has 0 aromatic rings. The van der Waals surface area contributed by atoms with Gasteiger partial charge < -0.3 is 5.11 Å². The van der Waals surface area contributed by atoms with E-state index in [-0.39, 0.29) is 6.61 Å². The Morgan fingerprint density at radius 2 is 1.67 bits per heavy atom. The topological polar surface area (TPSA) is 20.2 Å². The van der Waals surface area contributed by atoms with Gasteiger partial charge in [-0.15, -0.1) is 0 Å². The van der Waals surface area contributed by atoms with Gasteiger partial charge in [0.2, 0.25) is 0 Å². The van der Waals surface area contributed by atoms with Crippen LogP contribution in [-0.4, -0.2) is 11.7 Å². The van der Waals surface area contributed by atoms with E-state index in [1.54, 1.807) is 6.08 Å². The highest BCUT2D eigenvalue weighted by Gasteiger charge is 1.93. The molecule has 0 aliphatic rings. The Labute approximate surface area is 90.5 Å². The summed E-state index contributed by atoms with van der Waals surface area (Å²) in [6, 6.07) is 0. The van der Waals surface area contributed by atoms with Crippen LogP contribution in [-0.2, 0) is 0 Å². The van der Waals surface area contributed by atoms with Gasteiger partial charge in [-0.2, -0.15) is 0 Å². The number of hydrogen-bond acceptors (Lipinski definition) is 1. The highest BCUT2D eigenvalue weighted by molar-refractivity contribution is 5.13. The Morgan fingerprint density at radius 3 is 2.27 bits per heavy atom. The third-order valence-electron chi connectivity index (χ3n) is 2.12. The van der Waals surface area contributed by atoms with Gasteiger partial charge in [0.25, 0.3) is 0 Å². The van der Waals surface area contributed by atoms with Crippen molar-refractivity contribution < 1.29 is 13.9 Å². The van der Waals surface area contributed by atoms with Crippen LogP contribution in [0.15, 0.2) is 23.8 Å². The Bertz CT molecular complexity index is 206. The first-order chi connectivity index (χ1) is 7.18. The van der Waals surface area contributed by atoms with Crippen molar-refractivity contribution in [1.29, 1.82) is 0 Å². The van der Waals surface area contributed by atoms with Crippen molar-refractivity contribution in [3.63, 3.8) is 0 Å². The average Bonchev–Trinajstić information content (AvgIpc) is 2.21. The van der Waals surface area contributed by atoms with E-state index in [0.29, 0.717) is 0 Å². The molecule has 15 heavy (non-hydrogen) atoms. The van der Waals surface area contributed by atoms with Gasteiger partial charge in [0, 0.05) is 6.61 Å². The molecule has 0 saturated carbocycles. The molecule has 3 heteroatoms. The molecule has 0 heterocycles. The van der Waals surface area contributed by atoms with Gasteiger partial charge in [-0.25, -0.2) is 8.78 Å². The molecule has 0 atom stereocenters. The van der Waals surface area contributed by atoms with E-state index in [1.165, 1.54) is 6.08 Å². The van der Waals surface area contributed by atoms with Crippen LogP contribution in [0.5, 0.6) is 0 Å². The molecular formula is C12H20F2O. The number of rotatable bonds is 8. The third kappa shape index (κ3) is 9.60. The molecule has 1 N–H and O–H groups in total. The van der Waals surface area contributed by atoms with Crippen LogP contribution in [0.3, 0.4) is 0 Å². The lowest BCUT2D eigenvalue weighted by Crippen LogP contribution is -1.83. The van der Waals surface area contributed by atoms with E-state index < -0.39 is 11.7 Å². The van der Waals surface area contributed by atoms with Gasteiger partial charge in [-0.1, -0.05) is 25.3 Å². The highest BCUT2D eigenvalue weighted by Crippen LogP contribution is 2.10. The zero-order chi connectivity index (χ0) is 11.5. The largest absolute Gasteiger partial charge is 0.396 e. The van der Waals surface area contributed by atoms with E-state index in [2.05, 4.69) is 0 Å². The van der Waals surface area contributed by atoms with Crippen LogP contribution in [0.2, 0.25) is 0 Å². The summed E-state index contributed by atoms with van der Waals surface area (Å²) in [4.78, 5) is 0. The maximum Gasteiger partial charge on any atom is 0.153 e. The summed E-state index contributed by atoms with van der Waals surface area (Å²) in [7, 11) is 0. The highest BCUT2D eigenvalue weighted by atomic mass is 19.2. The van der Waals surface area contributed by atoms with Crippen molar-refractivity contribution >= 4 is 0 Å². The van der Waals surface area contributed by atoms with Crippen molar-refractivity contribution in [2.24, 2.45) is 0 Å². The van der Waals surface area contributed by atoms with Crippen molar-refractivity contribution in [3.05, 3.63) is 23.8 Å². The first-order valence-corrected chi connectivity index (χ1v) is 5.47. The molecule has 0 unspecified atom stereocenters. The number of aliphatic hydroxyl groups is 1. The quantitative estimate of drug-likeness (QED) is 0.481. The molecular weight excluding hydrogens is 198 g/mol. The molecule has 0 aliphatic heterocycles. The number of halogens is 2. The average molecular weight is 218 g/mol. The minimum Gasteiger partial charge on any atom is -0.396 e. The van der Waals surface area contributed by atoms with Crippen LogP contribution in [0.1, 0.15) is 45.4 Å². The van der Waals surface area contributed by atoms with Crippen molar-refractivity contribution in [2.45, 2.75) is 45.4 Å². The maximum absolute atomic E-state index is 12.6. The summed E-state index contributed by atoms with van der Waals surface area (Å²) < 4.78 is 24.8. The molecule has 0 aliphatic carbocycles. The number of aliphatic hydroxyl groups excluding tert-OH is 1. The van der Waals surface area contributed by atoms with Crippen LogP contribution in [0.25, 0.3) is 0 Å². The van der Waals surface area contributed by atoms with Crippen molar-refractivity contribution in [2.75, 3.05) is 6.61 Å². The van der Waals surface area contributed by atoms with Crippen molar-refractivity contribution in [1.82, 2.24) is 0 Å². The molecule has 0 bridgehead atoms. The van der Waals surface area contributed by atoms with Crippen LogP contribution < -0.4 is 0 Å². The Kier molecular flexibility index (Phi) is 9.38. The minimum atomic E-state index is -0.782. The molecule has 0 fully saturated rings. The van der Waals surface area contributed by atoms with E-state index >= 15 is 0 Å². The standard InChI is InChI=1S/C12H20F2O/c1-11(13)12(14)9-7-5-3-2-4-6-8-10-15/h7,9,15H,2-6,8,10H2,1H3/b9-7+,12-11+. The molecule has 0 aromatic carbocycles. The zero-order valence-electron chi connectivity index (χ0n) is 9.31. The molecule has 0 radical (unpaired) electrons. The summed E-state index contributed by atoms with van der Waals surface area (Å²) in [6.45, 7) is 1.36. The van der Waals surface area contributed by atoms with E-state index in [1.807, 2.05) is 0 Å². The molecule has 0 rings (SSSR count). The van der Waals surface area contributed by atoms with E-state index in [0.717, 1.165) is 45.4 Å². The Morgan fingerprint density at radius 1 is 1.07 bits per heavy atom. The summed E-state index contributed by atoms with van der Waals surface area (Å²) >= 11 is 0. The first-order valence-electron chi connectivity index (χ1n) is 5.47. The molecule has 88 valence electrons. The molecule has 0 spiro atoms. The second-order valence-electron chi connectivity index (χ2n) is 3.56. The van der Waals surface area contributed by atoms with E-state index in [9.17, 15) is 8.78 Å². The molecule has 0 amide bonds. The normalized spacial score (nSPS) is 13.3. The monoisotopic (exact) mass is 218 g/mol. The molecule has 0 saturated heterocycles. The fourth-order valence-corrected chi connectivity index (χ4v) is 1.21. The summed E-state index contributed by atoms with van der Waals surface area (Å²) in [5.74, 6) is -1.55. The lowest BCUT2D eigenvalue weighted by atomic mass is 10.1. The summed E-state index contributed by atoms with van der Waals surface area (Å²) in [5.41, 5.74) is 0. The smallest absolute Gasteiger partial charge is 0.153 e. The van der Waals surface area contributed by atoms with Crippen LogP contribution >= 0.6 is 0 Å². The summed E-state index contributed by atoms with van der Waals surface area (Å²) in [6.07, 6.45) is 8.67. The number of allylic oxidation sites excluding steroid dienone is 4. The zero-order valence-corrected chi connectivity index (χ0v) is 9.31. The Hall–Kier alpha value is -0.700. The Balaban J connectivity index is 3.35. The fourth-order valence-electron chi connectivity index (χ4n) is 1.21. The SMILES string of the molecule is C/C(F)=C(F)/C=C/CCCCCCCO. The predicted octanol–water partition coefficient (Wildman–Crippen LogP) is 4.05. The predicted molar refractivity (Wildman–Crippen MR) is 58.8 cm³/mol. The molecule has 0 aromatic heterocycles. The van der Waals surface area contributed by atoms with Gasteiger partial charge in [-0.3, -0.25) is 0 Å². The third-order valence-corrected chi connectivity index (χ3v) is 2.12. The van der Waals surface area contributed by atoms with Gasteiger partial charge in [0.05, 0.1) is 0 Å². The van der Waals surface area contributed by atoms with Crippen molar-refractivity contribution in [3.8, 4) is 0 Å². The minimum absolute atomic E-state index is 0.256. The number of hydrogen-bond donors (Lipinski definition) is 1. The lowest BCUT2D eigenvalue weighted by molar-refractivity contribution is 0.282. The lowest BCUT2D eigenvalue weighted by Gasteiger charge is -1.97. The van der Waals surface area contributed by atoms with Gasteiger partial charge in [0.15, 0.2) is 5.83 Å². The maximum atomic E-state index is 12.6. The summed E-state index contributed by atoms with van der Waals surface area (Å²) in [5, 5.41) is 8.53. The van der Waals surface area contributed by atoms with Gasteiger partial charge in [0.1, 0.15) is 5.83 Å². The second-order valence-corrected chi connectivity index (χ2v) is 3.56. The molecule has 1 nitrogen and oxygen atoms in total. The van der Waals surface area contributed by atoms with Crippen LogP contribution in [0.4, 0.5) is 8.78 Å². The van der Waals surface area contributed by atoms with Crippen LogP contribution in [0, 0.1) is 0 Å². The van der Waals surface area contributed by atoms with E-state index in [4.69, 9.17) is 5.11 Å². The van der Waals surface area contributed by atoms with Gasteiger partial charge >= 0.3 is 0 Å². The first kappa shape index (κ1) is 14.3. The van der Waals surface area contributed by atoms with Gasteiger partial charge in [-0.05, 0) is 32.3 Å².